The summed E-state index contributed by atoms with van der Waals surface area (Å²) in [6, 6.07) is 0.631. The van der Waals surface area contributed by atoms with Crippen molar-refractivity contribution in [3.8, 4) is 0 Å². The van der Waals surface area contributed by atoms with E-state index in [1.807, 2.05) is 0 Å². The van der Waals surface area contributed by atoms with E-state index in [0.717, 1.165) is 12.5 Å². The van der Waals surface area contributed by atoms with Gasteiger partial charge in [-0.3, -0.25) is 4.99 Å². The van der Waals surface area contributed by atoms with Crippen LogP contribution in [0.3, 0.4) is 0 Å². The molecular weight excluding hydrogens is 186 g/mol. The summed E-state index contributed by atoms with van der Waals surface area (Å²) in [5, 5.41) is 3.26. The van der Waals surface area contributed by atoms with E-state index < -0.39 is 0 Å². The Morgan fingerprint density at radius 1 is 1.27 bits per heavy atom. The summed E-state index contributed by atoms with van der Waals surface area (Å²) < 4.78 is 0. The van der Waals surface area contributed by atoms with E-state index in [4.69, 9.17) is 5.73 Å². The van der Waals surface area contributed by atoms with Crippen molar-refractivity contribution in [1.29, 1.82) is 0 Å². The first kappa shape index (κ1) is 9.49. The molecule has 3 rings (SSSR count). The predicted molar refractivity (Wildman–Crippen MR) is 61.7 cm³/mol. The molecule has 0 spiro atoms. The van der Waals surface area contributed by atoms with E-state index in [-0.39, 0.29) is 0 Å². The predicted octanol–water partition coefficient (Wildman–Crippen LogP) is 1.63. The third-order valence-corrected chi connectivity index (χ3v) is 4.40. The van der Waals surface area contributed by atoms with Crippen LogP contribution >= 0.6 is 0 Å². The van der Waals surface area contributed by atoms with Gasteiger partial charge in [0.05, 0.1) is 0 Å². The Balaban J connectivity index is 1.55. The van der Waals surface area contributed by atoms with E-state index >= 15 is 0 Å². The van der Waals surface area contributed by atoms with Crippen molar-refractivity contribution in [2.45, 2.75) is 51.0 Å². The maximum Gasteiger partial charge on any atom is 0.188 e. The summed E-state index contributed by atoms with van der Waals surface area (Å²) in [7, 11) is 0. The summed E-state index contributed by atoms with van der Waals surface area (Å²) in [6.07, 6.45) is 9.59. The van der Waals surface area contributed by atoms with Crippen LogP contribution in [0.5, 0.6) is 0 Å². The molecule has 15 heavy (non-hydrogen) atoms. The molecule has 0 atom stereocenters. The largest absolute Gasteiger partial charge is 0.370 e. The minimum atomic E-state index is 0.542. The molecule has 84 valence electrons. The Labute approximate surface area is 91.5 Å². The molecule has 3 aliphatic rings. The first-order valence-electron chi connectivity index (χ1n) is 6.32. The second kappa shape index (κ2) is 3.39. The standard InChI is InChI=1S/C12H21N3/c13-11(15-10-1-2-10)14-8-12-5-3-9(7-12)4-6-12/h9-10H,1-8H2,(H3,13,14,15). The van der Waals surface area contributed by atoms with Gasteiger partial charge in [0.1, 0.15) is 0 Å². The van der Waals surface area contributed by atoms with E-state index in [0.29, 0.717) is 17.4 Å². The quantitative estimate of drug-likeness (QED) is 0.546. The van der Waals surface area contributed by atoms with E-state index in [9.17, 15) is 0 Å². The molecule has 0 aromatic heterocycles. The van der Waals surface area contributed by atoms with Crippen molar-refractivity contribution in [2.75, 3.05) is 6.54 Å². The average molecular weight is 207 g/mol. The third-order valence-electron chi connectivity index (χ3n) is 4.40. The monoisotopic (exact) mass is 207 g/mol. The van der Waals surface area contributed by atoms with Gasteiger partial charge in [-0.05, 0) is 56.3 Å². The Morgan fingerprint density at radius 3 is 2.53 bits per heavy atom. The molecule has 3 nitrogen and oxygen atoms in total. The number of rotatable bonds is 3. The normalized spacial score (nSPS) is 39.7. The summed E-state index contributed by atoms with van der Waals surface area (Å²) in [4.78, 5) is 4.54. The van der Waals surface area contributed by atoms with E-state index in [1.165, 1.54) is 44.9 Å². The van der Waals surface area contributed by atoms with Crippen LogP contribution < -0.4 is 11.1 Å². The van der Waals surface area contributed by atoms with E-state index in [2.05, 4.69) is 10.3 Å². The van der Waals surface area contributed by atoms with Gasteiger partial charge in [-0.25, -0.2) is 0 Å². The fraction of sp³-hybridized carbons (Fsp3) is 0.917. The number of nitrogens with zero attached hydrogens (tertiary/aromatic N) is 1. The molecule has 0 saturated heterocycles. The van der Waals surface area contributed by atoms with Gasteiger partial charge in [0.15, 0.2) is 5.96 Å². The number of hydrogen-bond acceptors (Lipinski definition) is 1. The van der Waals surface area contributed by atoms with Crippen LogP contribution in [0, 0.1) is 11.3 Å². The zero-order valence-electron chi connectivity index (χ0n) is 9.34. The zero-order chi connectivity index (χ0) is 10.3. The summed E-state index contributed by atoms with van der Waals surface area (Å²) in [5.41, 5.74) is 6.40. The lowest BCUT2D eigenvalue weighted by Gasteiger charge is -2.24. The summed E-state index contributed by atoms with van der Waals surface area (Å²) >= 11 is 0. The molecule has 0 aliphatic heterocycles. The number of aliphatic imine (C=N–C) groups is 1. The maximum atomic E-state index is 5.86. The van der Waals surface area contributed by atoms with Gasteiger partial charge in [-0.2, -0.15) is 0 Å². The smallest absolute Gasteiger partial charge is 0.188 e. The fourth-order valence-electron chi connectivity index (χ4n) is 3.27. The Bertz CT molecular complexity index is 273. The first-order chi connectivity index (χ1) is 7.26. The molecule has 2 bridgehead atoms. The van der Waals surface area contributed by atoms with Crippen molar-refractivity contribution in [2.24, 2.45) is 22.1 Å². The molecule has 0 aromatic carbocycles. The van der Waals surface area contributed by atoms with Gasteiger partial charge in [0.2, 0.25) is 0 Å². The number of guanidine groups is 1. The highest BCUT2D eigenvalue weighted by molar-refractivity contribution is 5.78. The maximum absolute atomic E-state index is 5.86. The molecule has 0 amide bonds. The first-order valence-corrected chi connectivity index (χ1v) is 6.32. The van der Waals surface area contributed by atoms with Gasteiger partial charge < -0.3 is 11.1 Å². The number of nitrogens with one attached hydrogen (secondary N) is 1. The topological polar surface area (TPSA) is 50.4 Å². The summed E-state index contributed by atoms with van der Waals surface area (Å²) in [5.74, 6) is 1.69. The van der Waals surface area contributed by atoms with Crippen LogP contribution in [0.15, 0.2) is 4.99 Å². The highest BCUT2D eigenvalue weighted by Gasteiger charge is 2.44. The van der Waals surface area contributed by atoms with Gasteiger partial charge in [-0.15, -0.1) is 0 Å². The van der Waals surface area contributed by atoms with Crippen molar-refractivity contribution in [3.63, 3.8) is 0 Å². The minimum Gasteiger partial charge on any atom is -0.370 e. The zero-order valence-corrected chi connectivity index (χ0v) is 9.34. The Kier molecular flexibility index (Phi) is 2.15. The van der Waals surface area contributed by atoms with Crippen LogP contribution in [-0.2, 0) is 0 Å². The molecule has 3 N–H and O–H groups in total. The summed E-state index contributed by atoms with van der Waals surface area (Å²) in [6.45, 7) is 0.967. The van der Waals surface area contributed by atoms with Crippen molar-refractivity contribution >= 4 is 5.96 Å². The lowest BCUT2D eigenvalue weighted by Crippen LogP contribution is -2.34. The van der Waals surface area contributed by atoms with E-state index in [1.54, 1.807) is 0 Å². The molecule has 0 unspecified atom stereocenters. The Morgan fingerprint density at radius 2 is 2.00 bits per heavy atom. The molecule has 0 aromatic rings. The molecule has 0 heterocycles. The number of fused-ring (bicyclic) bond motifs is 2. The second-order valence-corrected chi connectivity index (χ2v) is 5.77. The lowest BCUT2D eigenvalue weighted by atomic mass is 9.84. The average Bonchev–Trinajstić information content (AvgIpc) is 2.83. The number of nitrogens with two attached hydrogens (primary N) is 1. The van der Waals surface area contributed by atoms with Crippen LogP contribution in [-0.4, -0.2) is 18.5 Å². The molecule has 3 saturated carbocycles. The van der Waals surface area contributed by atoms with Gasteiger partial charge >= 0.3 is 0 Å². The Hall–Kier alpha value is -0.730. The van der Waals surface area contributed by atoms with Crippen LogP contribution in [0.4, 0.5) is 0 Å². The molecule has 0 radical (unpaired) electrons. The van der Waals surface area contributed by atoms with Crippen LogP contribution in [0.2, 0.25) is 0 Å². The van der Waals surface area contributed by atoms with Crippen LogP contribution in [0.1, 0.15) is 44.9 Å². The highest BCUT2D eigenvalue weighted by atomic mass is 15.1. The lowest BCUT2D eigenvalue weighted by molar-refractivity contribution is 0.307. The molecule has 3 aliphatic carbocycles. The molecule has 3 heteroatoms. The second-order valence-electron chi connectivity index (χ2n) is 5.77. The van der Waals surface area contributed by atoms with Crippen molar-refractivity contribution < 1.29 is 0 Å². The molecule has 3 fully saturated rings. The van der Waals surface area contributed by atoms with Gasteiger partial charge in [0.25, 0.3) is 0 Å². The van der Waals surface area contributed by atoms with Gasteiger partial charge in [-0.1, -0.05) is 0 Å². The van der Waals surface area contributed by atoms with Crippen LogP contribution in [0.25, 0.3) is 0 Å². The van der Waals surface area contributed by atoms with Gasteiger partial charge in [0, 0.05) is 12.6 Å². The SMILES string of the molecule is NC(=NCC12CCC(CC1)C2)NC1CC1. The molecular formula is C12H21N3. The van der Waals surface area contributed by atoms with Crippen molar-refractivity contribution in [1.82, 2.24) is 5.32 Å². The number of hydrogen-bond donors (Lipinski definition) is 2. The van der Waals surface area contributed by atoms with Crippen molar-refractivity contribution in [3.05, 3.63) is 0 Å². The minimum absolute atomic E-state index is 0.542. The highest BCUT2D eigenvalue weighted by Crippen LogP contribution is 2.54. The fourth-order valence-corrected chi connectivity index (χ4v) is 3.27. The third kappa shape index (κ3) is 1.97.